The van der Waals surface area contributed by atoms with Crippen molar-refractivity contribution in [3.63, 3.8) is 0 Å². The molecule has 4 aromatic rings. The second kappa shape index (κ2) is 8.90. The second-order valence-corrected chi connectivity index (χ2v) is 8.55. The standard InChI is InChI=1S/C24H18Cl2N4OS/c25-17-8-5-7-16(21(17)26)19-10-11-20(31-19)23-22(18-9-2-4-13-28-18)29-24(32)30(23)14-15-6-1-3-12-27-15/h1-13,22-23H,14H2,(H,29,32)/t22-,23+/m1/s1. The highest BCUT2D eigenvalue weighted by molar-refractivity contribution is 7.80. The first-order valence-corrected chi connectivity index (χ1v) is 11.2. The van der Waals surface area contributed by atoms with Gasteiger partial charge < -0.3 is 14.6 Å². The zero-order valence-electron chi connectivity index (χ0n) is 16.8. The maximum absolute atomic E-state index is 6.43. The minimum Gasteiger partial charge on any atom is -0.459 e. The molecule has 1 saturated heterocycles. The third-order valence-corrected chi connectivity index (χ3v) is 6.56. The van der Waals surface area contributed by atoms with Crippen molar-refractivity contribution in [1.29, 1.82) is 0 Å². The molecule has 5 rings (SSSR count). The lowest BCUT2D eigenvalue weighted by molar-refractivity contribution is 0.267. The first-order valence-electron chi connectivity index (χ1n) is 10.0. The van der Waals surface area contributed by atoms with Crippen molar-refractivity contribution in [1.82, 2.24) is 20.2 Å². The van der Waals surface area contributed by atoms with E-state index >= 15 is 0 Å². The van der Waals surface area contributed by atoms with Gasteiger partial charge in [-0.3, -0.25) is 9.97 Å². The molecule has 8 heteroatoms. The molecular weight excluding hydrogens is 463 g/mol. The summed E-state index contributed by atoms with van der Waals surface area (Å²) in [4.78, 5) is 11.1. The maximum Gasteiger partial charge on any atom is 0.170 e. The van der Waals surface area contributed by atoms with Gasteiger partial charge in [0.15, 0.2) is 5.11 Å². The average molecular weight is 481 g/mol. The van der Waals surface area contributed by atoms with Gasteiger partial charge in [0, 0.05) is 18.0 Å². The van der Waals surface area contributed by atoms with Crippen LogP contribution in [0.4, 0.5) is 0 Å². The first kappa shape index (κ1) is 20.9. The van der Waals surface area contributed by atoms with Crippen molar-refractivity contribution in [3.05, 3.63) is 106 Å². The van der Waals surface area contributed by atoms with E-state index in [1.54, 1.807) is 18.5 Å². The Morgan fingerprint density at radius 1 is 0.938 bits per heavy atom. The zero-order valence-corrected chi connectivity index (χ0v) is 19.1. The Kier molecular flexibility index (Phi) is 5.83. The van der Waals surface area contributed by atoms with Crippen LogP contribution in [-0.2, 0) is 6.54 Å². The maximum atomic E-state index is 6.43. The molecular formula is C24H18Cl2N4OS. The van der Waals surface area contributed by atoms with Crippen LogP contribution in [0.15, 0.2) is 83.5 Å². The molecule has 0 aliphatic carbocycles. The summed E-state index contributed by atoms with van der Waals surface area (Å²) in [6.45, 7) is 0.536. The van der Waals surface area contributed by atoms with Crippen molar-refractivity contribution in [2.75, 3.05) is 0 Å². The largest absolute Gasteiger partial charge is 0.459 e. The van der Waals surface area contributed by atoms with Gasteiger partial charge in [0.25, 0.3) is 0 Å². The summed E-state index contributed by atoms with van der Waals surface area (Å²) in [7, 11) is 0. The SMILES string of the molecule is S=C1N[C@H](c2ccccn2)[C@H](c2ccc(-c3cccc(Cl)c3Cl)o2)N1Cc1ccccn1. The van der Waals surface area contributed by atoms with Gasteiger partial charge in [-0.2, -0.15) is 0 Å². The summed E-state index contributed by atoms with van der Waals surface area (Å²) < 4.78 is 6.32. The minimum atomic E-state index is -0.217. The highest BCUT2D eigenvalue weighted by Crippen LogP contribution is 2.42. The van der Waals surface area contributed by atoms with Gasteiger partial charge in [-0.05, 0) is 60.7 Å². The number of aromatic nitrogens is 2. The fourth-order valence-electron chi connectivity index (χ4n) is 3.90. The van der Waals surface area contributed by atoms with Crippen LogP contribution in [0.25, 0.3) is 11.3 Å². The number of pyridine rings is 2. The second-order valence-electron chi connectivity index (χ2n) is 7.38. The first-order chi connectivity index (χ1) is 15.6. The summed E-state index contributed by atoms with van der Waals surface area (Å²) in [6.07, 6.45) is 3.55. The number of nitrogens with zero attached hydrogens (tertiary/aromatic N) is 3. The molecule has 4 heterocycles. The number of benzene rings is 1. The molecule has 0 bridgehead atoms. The molecule has 0 amide bonds. The summed E-state index contributed by atoms with van der Waals surface area (Å²) in [5.41, 5.74) is 2.53. The number of hydrogen-bond acceptors (Lipinski definition) is 4. The van der Waals surface area contributed by atoms with Crippen molar-refractivity contribution >= 4 is 40.5 Å². The van der Waals surface area contributed by atoms with E-state index in [0.29, 0.717) is 27.5 Å². The highest BCUT2D eigenvalue weighted by Gasteiger charge is 2.41. The van der Waals surface area contributed by atoms with E-state index in [2.05, 4.69) is 20.2 Å². The van der Waals surface area contributed by atoms with Crippen LogP contribution >= 0.6 is 35.4 Å². The minimum absolute atomic E-state index is 0.179. The molecule has 2 atom stereocenters. The van der Waals surface area contributed by atoms with Gasteiger partial charge in [-0.1, -0.05) is 41.4 Å². The van der Waals surface area contributed by atoms with Crippen molar-refractivity contribution in [2.45, 2.75) is 18.6 Å². The van der Waals surface area contributed by atoms with Gasteiger partial charge in [0.1, 0.15) is 17.6 Å². The Hall–Kier alpha value is -2.93. The predicted molar refractivity (Wildman–Crippen MR) is 129 cm³/mol. The number of halogens is 2. The van der Waals surface area contributed by atoms with Gasteiger partial charge in [-0.15, -0.1) is 0 Å². The van der Waals surface area contributed by atoms with Crippen LogP contribution in [-0.4, -0.2) is 20.0 Å². The zero-order chi connectivity index (χ0) is 22.1. The summed E-state index contributed by atoms with van der Waals surface area (Å²) in [5, 5.41) is 4.98. The summed E-state index contributed by atoms with van der Waals surface area (Å²) in [6, 6.07) is 20.6. The van der Waals surface area contributed by atoms with E-state index in [4.69, 9.17) is 39.8 Å². The third-order valence-electron chi connectivity index (χ3n) is 5.39. The molecule has 3 aromatic heterocycles. The summed E-state index contributed by atoms with van der Waals surface area (Å²) >= 11 is 18.3. The molecule has 0 radical (unpaired) electrons. The van der Waals surface area contributed by atoms with E-state index in [1.165, 1.54) is 0 Å². The molecule has 0 unspecified atom stereocenters. The van der Waals surface area contributed by atoms with Gasteiger partial charge >= 0.3 is 0 Å². The Labute approximate surface area is 201 Å². The van der Waals surface area contributed by atoms with Gasteiger partial charge in [0.05, 0.1) is 34.0 Å². The van der Waals surface area contributed by atoms with E-state index in [-0.39, 0.29) is 12.1 Å². The van der Waals surface area contributed by atoms with Crippen LogP contribution in [0.2, 0.25) is 10.0 Å². The van der Waals surface area contributed by atoms with Gasteiger partial charge in [0.2, 0.25) is 0 Å². The predicted octanol–water partition coefficient (Wildman–Crippen LogP) is 6.22. The monoisotopic (exact) mass is 480 g/mol. The third kappa shape index (κ3) is 3.97. The number of furan rings is 1. The molecule has 1 aliphatic heterocycles. The van der Waals surface area contributed by atoms with Crippen LogP contribution < -0.4 is 5.32 Å². The molecule has 1 N–H and O–H groups in total. The normalized spacial score (nSPS) is 18.1. The Balaban J connectivity index is 1.56. The lowest BCUT2D eigenvalue weighted by Crippen LogP contribution is -2.29. The fourth-order valence-corrected chi connectivity index (χ4v) is 4.60. The summed E-state index contributed by atoms with van der Waals surface area (Å²) in [5.74, 6) is 1.39. The van der Waals surface area contributed by atoms with E-state index in [9.17, 15) is 0 Å². The van der Waals surface area contributed by atoms with E-state index in [1.807, 2.05) is 60.7 Å². The Morgan fingerprint density at radius 2 is 1.75 bits per heavy atom. The molecule has 0 spiro atoms. The average Bonchev–Trinajstić information content (AvgIpc) is 3.42. The fraction of sp³-hybridized carbons (Fsp3) is 0.125. The van der Waals surface area contributed by atoms with Crippen molar-refractivity contribution in [3.8, 4) is 11.3 Å². The Morgan fingerprint density at radius 3 is 2.50 bits per heavy atom. The number of rotatable bonds is 5. The van der Waals surface area contributed by atoms with E-state index in [0.717, 1.165) is 22.7 Å². The molecule has 5 nitrogen and oxygen atoms in total. The highest BCUT2D eigenvalue weighted by atomic mass is 35.5. The number of hydrogen-bond donors (Lipinski definition) is 1. The number of thiocarbonyl (C=S) groups is 1. The Bertz CT molecular complexity index is 1250. The van der Waals surface area contributed by atoms with Crippen LogP contribution in [0.1, 0.15) is 29.2 Å². The lowest BCUT2D eigenvalue weighted by Gasteiger charge is -2.25. The number of nitrogens with one attached hydrogen (secondary N) is 1. The molecule has 160 valence electrons. The van der Waals surface area contributed by atoms with Crippen LogP contribution in [0, 0.1) is 0 Å². The lowest BCUT2D eigenvalue weighted by atomic mass is 10.0. The molecule has 32 heavy (non-hydrogen) atoms. The van der Waals surface area contributed by atoms with Crippen LogP contribution in [0.5, 0.6) is 0 Å². The topological polar surface area (TPSA) is 54.2 Å². The molecule has 0 saturated carbocycles. The molecule has 1 fully saturated rings. The van der Waals surface area contributed by atoms with E-state index < -0.39 is 0 Å². The smallest absolute Gasteiger partial charge is 0.170 e. The quantitative estimate of drug-likeness (QED) is 0.342. The van der Waals surface area contributed by atoms with Gasteiger partial charge in [-0.25, -0.2) is 0 Å². The molecule has 1 aromatic carbocycles. The van der Waals surface area contributed by atoms with Crippen molar-refractivity contribution < 1.29 is 4.42 Å². The van der Waals surface area contributed by atoms with Crippen molar-refractivity contribution in [2.24, 2.45) is 0 Å². The van der Waals surface area contributed by atoms with Crippen LogP contribution in [0.3, 0.4) is 0 Å². The molecule has 1 aliphatic rings.